The molecule has 0 aliphatic carbocycles. The number of benzene rings is 2. The highest BCUT2D eigenvalue weighted by Gasteiger charge is 2.29. The molecule has 1 nitrogen and oxygen atoms in total. The molecule has 0 radical (unpaired) electrons. The van der Waals surface area contributed by atoms with Crippen LogP contribution in [-0.2, 0) is 0 Å². The van der Waals surface area contributed by atoms with Crippen LogP contribution in [0.1, 0.15) is 28.9 Å². The number of hydrogen-bond donors (Lipinski definition) is 0. The van der Waals surface area contributed by atoms with Crippen molar-refractivity contribution in [2.24, 2.45) is 4.99 Å². The summed E-state index contributed by atoms with van der Waals surface area (Å²) in [6, 6.07) is 16.6. The Labute approximate surface area is 122 Å². The molecular formula is C16H14ClNS. The Hall–Kier alpha value is -1.25. The predicted octanol–water partition coefficient (Wildman–Crippen LogP) is 4.94. The monoisotopic (exact) mass is 287 g/mol. The quantitative estimate of drug-likeness (QED) is 0.762. The molecule has 0 saturated carbocycles. The lowest BCUT2D eigenvalue weighted by Crippen LogP contribution is -1.93. The SMILES string of the molecule is CCN=C1SC(c2ccccc2)c2cc(Cl)ccc21. The highest BCUT2D eigenvalue weighted by molar-refractivity contribution is 8.15. The Morgan fingerprint density at radius 2 is 1.95 bits per heavy atom. The van der Waals surface area contributed by atoms with Gasteiger partial charge in [0.05, 0.1) is 10.3 Å². The Morgan fingerprint density at radius 1 is 1.16 bits per heavy atom. The van der Waals surface area contributed by atoms with Crippen molar-refractivity contribution in [1.82, 2.24) is 0 Å². The van der Waals surface area contributed by atoms with Crippen molar-refractivity contribution >= 4 is 28.4 Å². The van der Waals surface area contributed by atoms with Gasteiger partial charge in [0.15, 0.2) is 0 Å². The molecule has 0 saturated heterocycles. The number of nitrogens with zero attached hydrogens (tertiary/aromatic N) is 1. The smallest absolute Gasteiger partial charge is 0.0989 e. The van der Waals surface area contributed by atoms with E-state index in [0.29, 0.717) is 5.25 Å². The van der Waals surface area contributed by atoms with Crippen LogP contribution in [0.3, 0.4) is 0 Å². The van der Waals surface area contributed by atoms with E-state index in [1.165, 1.54) is 16.7 Å². The van der Waals surface area contributed by atoms with Crippen LogP contribution in [-0.4, -0.2) is 11.6 Å². The first-order chi connectivity index (χ1) is 9.29. The third-order valence-electron chi connectivity index (χ3n) is 3.16. The minimum absolute atomic E-state index is 0.306. The summed E-state index contributed by atoms with van der Waals surface area (Å²) in [4.78, 5) is 4.61. The molecule has 1 aliphatic rings. The van der Waals surface area contributed by atoms with E-state index in [0.717, 1.165) is 16.6 Å². The maximum absolute atomic E-state index is 6.15. The Balaban J connectivity index is 2.11. The highest BCUT2D eigenvalue weighted by atomic mass is 35.5. The van der Waals surface area contributed by atoms with E-state index in [1.807, 2.05) is 23.9 Å². The zero-order valence-electron chi connectivity index (χ0n) is 10.6. The molecule has 0 N–H and O–H groups in total. The fourth-order valence-corrected chi connectivity index (χ4v) is 3.86. The second-order valence-electron chi connectivity index (χ2n) is 4.42. The van der Waals surface area contributed by atoms with E-state index in [9.17, 15) is 0 Å². The van der Waals surface area contributed by atoms with Crippen molar-refractivity contribution in [2.45, 2.75) is 12.2 Å². The van der Waals surface area contributed by atoms with Gasteiger partial charge in [0.1, 0.15) is 0 Å². The summed E-state index contributed by atoms with van der Waals surface area (Å²) >= 11 is 7.97. The third kappa shape index (κ3) is 2.43. The lowest BCUT2D eigenvalue weighted by Gasteiger charge is -2.10. The maximum atomic E-state index is 6.15. The van der Waals surface area contributed by atoms with Crippen LogP contribution in [0.4, 0.5) is 0 Å². The molecule has 2 aromatic rings. The molecule has 0 bridgehead atoms. The van der Waals surface area contributed by atoms with Crippen molar-refractivity contribution in [3.05, 3.63) is 70.2 Å². The molecule has 1 unspecified atom stereocenters. The zero-order valence-corrected chi connectivity index (χ0v) is 12.2. The highest BCUT2D eigenvalue weighted by Crippen LogP contribution is 2.46. The van der Waals surface area contributed by atoms with E-state index in [2.05, 4.69) is 48.3 Å². The summed E-state index contributed by atoms with van der Waals surface area (Å²) in [6.45, 7) is 2.88. The summed E-state index contributed by atoms with van der Waals surface area (Å²) in [5.74, 6) is 0. The van der Waals surface area contributed by atoms with Gasteiger partial charge in [-0.25, -0.2) is 0 Å². The summed E-state index contributed by atoms with van der Waals surface area (Å²) in [6.07, 6.45) is 0. The summed E-state index contributed by atoms with van der Waals surface area (Å²) < 4.78 is 0. The van der Waals surface area contributed by atoms with Crippen molar-refractivity contribution < 1.29 is 0 Å². The first kappa shape index (κ1) is 12.8. The van der Waals surface area contributed by atoms with Crippen molar-refractivity contribution in [3.8, 4) is 0 Å². The molecule has 2 aromatic carbocycles. The van der Waals surface area contributed by atoms with Gasteiger partial charge >= 0.3 is 0 Å². The fourth-order valence-electron chi connectivity index (χ4n) is 2.33. The Kier molecular flexibility index (Phi) is 3.63. The largest absolute Gasteiger partial charge is 0.278 e. The molecular weight excluding hydrogens is 274 g/mol. The van der Waals surface area contributed by atoms with Gasteiger partial charge in [-0.15, -0.1) is 0 Å². The number of aliphatic imine (C=N–C) groups is 1. The molecule has 1 atom stereocenters. The zero-order chi connectivity index (χ0) is 13.2. The van der Waals surface area contributed by atoms with Gasteiger partial charge in [-0.1, -0.05) is 59.8 Å². The van der Waals surface area contributed by atoms with Gasteiger partial charge in [-0.05, 0) is 30.2 Å². The standard InChI is InChI=1S/C16H14ClNS/c1-2-18-16-13-9-8-12(17)10-14(13)15(19-16)11-6-4-3-5-7-11/h3-10,15H,2H2,1H3. The maximum Gasteiger partial charge on any atom is 0.0989 e. The van der Waals surface area contributed by atoms with Gasteiger partial charge in [0.25, 0.3) is 0 Å². The van der Waals surface area contributed by atoms with Gasteiger partial charge in [-0.3, -0.25) is 4.99 Å². The average Bonchev–Trinajstić information content (AvgIpc) is 2.78. The molecule has 0 spiro atoms. The normalized spacial score (nSPS) is 19.7. The predicted molar refractivity (Wildman–Crippen MR) is 84.4 cm³/mol. The lowest BCUT2D eigenvalue weighted by atomic mass is 10.0. The summed E-state index contributed by atoms with van der Waals surface area (Å²) in [7, 11) is 0. The molecule has 19 heavy (non-hydrogen) atoms. The van der Waals surface area contributed by atoms with Gasteiger partial charge in [-0.2, -0.15) is 0 Å². The number of halogens is 1. The number of thioether (sulfide) groups is 1. The number of rotatable bonds is 2. The van der Waals surface area contributed by atoms with Crippen LogP contribution in [0.15, 0.2) is 53.5 Å². The van der Waals surface area contributed by atoms with Gasteiger partial charge in [0, 0.05) is 17.1 Å². The van der Waals surface area contributed by atoms with Crippen molar-refractivity contribution in [1.29, 1.82) is 0 Å². The second-order valence-corrected chi connectivity index (χ2v) is 5.95. The van der Waals surface area contributed by atoms with Crippen LogP contribution in [0, 0.1) is 0 Å². The average molecular weight is 288 g/mol. The molecule has 96 valence electrons. The van der Waals surface area contributed by atoms with Crippen LogP contribution >= 0.6 is 23.4 Å². The minimum Gasteiger partial charge on any atom is -0.278 e. The fraction of sp³-hybridized carbons (Fsp3) is 0.188. The minimum atomic E-state index is 0.306. The van der Waals surface area contributed by atoms with Gasteiger partial charge < -0.3 is 0 Å². The number of hydrogen-bond acceptors (Lipinski definition) is 2. The van der Waals surface area contributed by atoms with E-state index in [-0.39, 0.29) is 0 Å². The molecule has 3 rings (SSSR count). The van der Waals surface area contributed by atoms with Crippen molar-refractivity contribution in [3.63, 3.8) is 0 Å². The van der Waals surface area contributed by atoms with Gasteiger partial charge in [0.2, 0.25) is 0 Å². The summed E-state index contributed by atoms with van der Waals surface area (Å²) in [5, 5.41) is 2.22. The van der Waals surface area contributed by atoms with Crippen LogP contribution in [0.25, 0.3) is 0 Å². The lowest BCUT2D eigenvalue weighted by molar-refractivity contribution is 1.14. The molecule has 3 heteroatoms. The third-order valence-corrected chi connectivity index (χ3v) is 4.73. The van der Waals surface area contributed by atoms with E-state index in [1.54, 1.807) is 0 Å². The Bertz CT molecular complexity index is 622. The molecule has 1 aliphatic heterocycles. The second kappa shape index (κ2) is 5.40. The number of fused-ring (bicyclic) bond motifs is 1. The van der Waals surface area contributed by atoms with E-state index >= 15 is 0 Å². The first-order valence-corrected chi connectivity index (χ1v) is 7.61. The Morgan fingerprint density at radius 3 is 2.68 bits per heavy atom. The topological polar surface area (TPSA) is 12.4 Å². The van der Waals surface area contributed by atoms with Crippen LogP contribution in [0.2, 0.25) is 5.02 Å². The molecule has 0 aromatic heterocycles. The van der Waals surface area contributed by atoms with Crippen LogP contribution < -0.4 is 0 Å². The molecule has 0 amide bonds. The van der Waals surface area contributed by atoms with E-state index < -0.39 is 0 Å². The molecule has 0 fully saturated rings. The van der Waals surface area contributed by atoms with Crippen LogP contribution in [0.5, 0.6) is 0 Å². The van der Waals surface area contributed by atoms with Crippen molar-refractivity contribution in [2.75, 3.05) is 6.54 Å². The summed E-state index contributed by atoms with van der Waals surface area (Å²) in [5.41, 5.74) is 3.80. The van der Waals surface area contributed by atoms with E-state index in [4.69, 9.17) is 11.6 Å². The molecule has 1 heterocycles. The first-order valence-electron chi connectivity index (χ1n) is 6.35.